The summed E-state index contributed by atoms with van der Waals surface area (Å²) in [5, 5.41) is 6.67. The van der Waals surface area contributed by atoms with Gasteiger partial charge in [-0.1, -0.05) is 56.3 Å². The first-order valence-corrected chi connectivity index (χ1v) is 12.6. The van der Waals surface area contributed by atoms with Crippen molar-refractivity contribution < 1.29 is 14.3 Å². The van der Waals surface area contributed by atoms with Gasteiger partial charge in [-0.15, -0.1) is 0 Å². The Hall–Kier alpha value is -4.06. The monoisotopic (exact) mass is 495 g/mol. The fraction of sp³-hybridized carbons (Fsp3) is 0.290. The minimum Gasteiger partial charge on any atom is -0.497 e. The predicted octanol–water partition coefficient (Wildman–Crippen LogP) is 6.26. The Morgan fingerprint density at radius 1 is 1.03 bits per heavy atom. The second-order valence-electron chi connectivity index (χ2n) is 10.6. The van der Waals surface area contributed by atoms with Gasteiger partial charge in [0.25, 0.3) is 0 Å². The largest absolute Gasteiger partial charge is 0.497 e. The molecule has 1 unspecified atom stereocenters. The summed E-state index contributed by atoms with van der Waals surface area (Å²) in [7, 11) is 1.64. The number of allylic oxidation sites excluding steroid dienone is 1. The Balaban J connectivity index is 1.64. The van der Waals surface area contributed by atoms with Gasteiger partial charge in [0.15, 0.2) is 5.78 Å². The summed E-state index contributed by atoms with van der Waals surface area (Å²) >= 11 is 0. The highest BCUT2D eigenvalue weighted by molar-refractivity contribution is 6.02. The van der Waals surface area contributed by atoms with Gasteiger partial charge in [-0.3, -0.25) is 9.59 Å². The van der Waals surface area contributed by atoms with E-state index in [1.54, 1.807) is 7.11 Å². The van der Waals surface area contributed by atoms with Crippen LogP contribution in [0.2, 0.25) is 0 Å². The maximum atomic E-state index is 13.8. The topological polar surface area (TPSA) is 70.7 Å². The number of nitrogens with zero attached hydrogens (tertiary/aromatic N) is 1. The number of Topliss-reactive ketones (excluding diaryl/α,β-unsaturated/α-hetero) is 1. The van der Waals surface area contributed by atoms with E-state index in [0.717, 1.165) is 51.6 Å². The van der Waals surface area contributed by atoms with Crippen molar-refractivity contribution in [1.82, 2.24) is 0 Å². The third-order valence-electron chi connectivity index (χ3n) is 7.17. The molecule has 2 aliphatic rings. The van der Waals surface area contributed by atoms with E-state index >= 15 is 0 Å². The Labute approximate surface area is 218 Å². The molecule has 0 aromatic heterocycles. The lowest BCUT2D eigenvalue weighted by Crippen LogP contribution is -2.40. The predicted molar refractivity (Wildman–Crippen MR) is 148 cm³/mol. The molecule has 1 atom stereocenters. The fourth-order valence-electron chi connectivity index (χ4n) is 5.42. The number of nitrogens with one attached hydrogen (secondary N) is 2. The van der Waals surface area contributed by atoms with Gasteiger partial charge >= 0.3 is 0 Å². The summed E-state index contributed by atoms with van der Waals surface area (Å²) in [5.41, 5.74) is 5.98. The normalized spacial score (nSPS) is 18.3. The second-order valence-corrected chi connectivity index (χ2v) is 10.6. The van der Waals surface area contributed by atoms with Crippen molar-refractivity contribution in [2.24, 2.45) is 5.41 Å². The maximum absolute atomic E-state index is 13.8. The van der Waals surface area contributed by atoms with Crippen LogP contribution in [0.1, 0.15) is 43.9 Å². The Kier molecular flexibility index (Phi) is 6.50. The summed E-state index contributed by atoms with van der Waals surface area (Å²) in [6, 6.07) is 23.0. The van der Waals surface area contributed by atoms with Crippen LogP contribution in [0.4, 0.5) is 17.1 Å². The summed E-state index contributed by atoms with van der Waals surface area (Å²) < 4.78 is 5.39. The van der Waals surface area contributed by atoms with Crippen molar-refractivity contribution in [2.75, 3.05) is 29.2 Å². The van der Waals surface area contributed by atoms with Crippen LogP contribution in [0, 0.1) is 12.3 Å². The number of hydrogen-bond donors (Lipinski definition) is 2. The number of para-hydroxylation sites is 3. The lowest BCUT2D eigenvalue weighted by molar-refractivity contribution is -0.119. The number of rotatable bonds is 5. The molecule has 6 nitrogen and oxygen atoms in total. The number of methoxy groups -OCH3 is 1. The van der Waals surface area contributed by atoms with Crippen molar-refractivity contribution in [3.63, 3.8) is 0 Å². The molecule has 0 bridgehead atoms. The minimum absolute atomic E-state index is 0.0805. The van der Waals surface area contributed by atoms with Gasteiger partial charge in [-0.25, -0.2) is 0 Å². The van der Waals surface area contributed by atoms with E-state index < -0.39 is 6.04 Å². The average molecular weight is 496 g/mol. The van der Waals surface area contributed by atoms with Gasteiger partial charge in [0.1, 0.15) is 5.75 Å². The molecular weight excluding hydrogens is 462 g/mol. The van der Waals surface area contributed by atoms with Crippen LogP contribution >= 0.6 is 0 Å². The third kappa shape index (κ3) is 4.96. The van der Waals surface area contributed by atoms with Crippen molar-refractivity contribution >= 4 is 28.8 Å². The number of carbonyl (C=O) groups is 2. The van der Waals surface area contributed by atoms with Crippen LogP contribution < -0.4 is 20.3 Å². The van der Waals surface area contributed by atoms with Crippen LogP contribution in [0.15, 0.2) is 84.1 Å². The molecule has 0 radical (unpaired) electrons. The molecule has 1 heterocycles. The van der Waals surface area contributed by atoms with E-state index in [0.29, 0.717) is 6.42 Å². The molecule has 1 aliphatic carbocycles. The average Bonchev–Trinajstić information content (AvgIpc) is 2.99. The number of aryl methyl sites for hydroxylation is 1. The zero-order valence-electron chi connectivity index (χ0n) is 21.8. The lowest BCUT2D eigenvalue weighted by atomic mass is 9.73. The van der Waals surface area contributed by atoms with E-state index in [4.69, 9.17) is 4.74 Å². The quantitative estimate of drug-likeness (QED) is 0.437. The molecule has 0 saturated carbocycles. The van der Waals surface area contributed by atoms with Crippen molar-refractivity contribution in [2.45, 2.75) is 39.7 Å². The van der Waals surface area contributed by atoms with Gasteiger partial charge in [0, 0.05) is 23.4 Å². The molecule has 1 aliphatic heterocycles. The van der Waals surface area contributed by atoms with E-state index in [-0.39, 0.29) is 23.7 Å². The number of carbonyl (C=O) groups excluding carboxylic acids is 2. The van der Waals surface area contributed by atoms with Gasteiger partial charge in [0.05, 0.1) is 31.1 Å². The van der Waals surface area contributed by atoms with Gasteiger partial charge < -0.3 is 20.3 Å². The summed E-state index contributed by atoms with van der Waals surface area (Å²) in [5.74, 6) is 0.706. The fourth-order valence-corrected chi connectivity index (χ4v) is 5.42. The first-order chi connectivity index (χ1) is 17.8. The second kappa shape index (κ2) is 9.77. The van der Waals surface area contributed by atoms with Crippen molar-refractivity contribution in [1.29, 1.82) is 0 Å². The number of hydrogen-bond acceptors (Lipinski definition) is 5. The lowest BCUT2D eigenvalue weighted by Gasteiger charge is -2.38. The third-order valence-corrected chi connectivity index (χ3v) is 7.17. The number of anilines is 3. The molecule has 3 aromatic rings. The van der Waals surface area contributed by atoms with Crippen LogP contribution in [-0.2, 0) is 9.59 Å². The summed E-state index contributed by atoms with van der Waals surface area (Å²) in [6.45, 7) is 6.31. The summed E-state index contributed by atoms with van der Waals surface area (Å²) in [4.78, 5) is 29.3. The zero-order valence-corrected chi connectivity index (χ0v) is 21.8. The van der Waals surface area contributed by atoms with Gasteiger partial charge in [0.2, 0.25) is 5.91 Å². The van der Waals surface area contributed by atoms with Crippen molar-refractivity contribution in [3.8, 4) is 5.75 Å². The Morgan fingerprint density at radius 3 is 2.46 bits per heavy atom. The number of fused-ring (bicyclic) bond motifs is 1. The van der Waals surface area contributed by atoms with Crippen LogP contribution in [-0.4, -0.2) is 25.3 Å². The summed E-state index contributed by atoms with van der Waals surface area (Å²) in [6.07, 6.45) is 1.21. The molecule has 0 spiro atoms. The molecule has 1 amide bonds. The van der Waals surface area contributed by atoms with Crippen molar-refractivity contribution in [3.05, 3.63) is 95.2 Å². The van der Waals surface area contributed by atoms with Gasteiger partial charge in [-0.2, -0.15) is 0 Å². The SMILES string of the molecule is COc1ccc(C2C3=C(CC(C)(C)CC3=O)Nc3ccccc3N2CC(=O)Nc2ccccc2C)cc1. The first kappa shape index (κ1) is 24.6. The molecule has 37 heavy (non-hydrogen) atoms. The minimum atomic E-state index is -0.428. The highest BCUT2D eigenvalue weighted by Gasteiger charge is 2.41. The number of ether oxygens (including phenoxy) is 1. The molecule has 0 saturated heterocycles. The van der Waals surface area contributed by atoms with E-state index in [1.807, 2.05) is 79.7 Å². The standard InChI is InChI=1S/C31H33N3O3/c1-20-9-5-6-10-23(20)33-28(36)19-34-26-12-8-7-11-24(26)32-25-17-31(2,3)18-27(35)29(25)30(34)21-13-15-22(37-4)16-14-21/h5-16,30,32H,17-19H2,1-4H3,(H,33,36). The van der Waals surface area contributed by atoms with Crippen LogP contribution in [0.25, 0.3) is 0 Å². The molecule has 0 fully saturated rings. The molecule has 190 valence electrons. The first-order valence-electron chi connectivity index (χ1n) is 12.6. The number of benzene rings is 3. The molecule has 3 aromatic carbocycles. The maximum Gasteiger partial charge on any atom is 0.243 e. The number of ketones is 1. The van der Waals surface area contributed by atoms with E-state index in [2.05, 4.69) is 29.4 Å². The van der Waals surface area contributed by atoms with Gasteiger partial charge in [-0.05, 0) is 60.2 Å². The van der Waals surface area contributed by atoms with E-state index in [1.165, 1.54) is 0 Å². The molecular formula is C31H33N3O3. The number of amides is 1. The van der Waals surface area contributed by atoms with E-state index in [9.17, 15) is 9.59 Å². The Morgan fingerprint density at radius 2 is 1.73 bits per heavy atom. The molecule has 2 N–H and O–H groups in total. The van der Waals surface area contributed by atoms with Crippen LogP contribution in [0.5, 0.6) is 5.75 Å². The highest BCUT2D eigenvalue weighted by Crippen LogP contribution is 2.48. The van der Waals surface area contributed by atoms with Crippen LogP contribution in [0.3, 0.4) is 0 Å². The molecule has 5 rings (SSSR count). The molecule has 6 heteroatoms. The highest BCUT2D eigenvalue weighted by atomic mass is 16.5. The zero-order chi connectivity index (χ0) is 26.2. The Bertz CT molecular complexity index is 1370. The smallest absolute Gasteiger partial charge is 0.243 e.